The second kappa shape index (κ2) is 4.30. The lowest BCUT2D eigenvalue weighted by Gasteiger charge is -2.22. The van der Waals surface area contributed by atoms with E-state index in [1.165, 1.54) is 12.8 Å². The second-order valence-electron chi connectivity index (χ2n) is 5.56. The van der Waals surface area contributed by atoms with Crippen LogP contribution in [0.15, 0.2) is 16.9 Å². The maximum atomic E-state index is 12.4. The summed E-state index contributed by atoms with van der Waals surface area (Å²) >= 11 is 0. The summed E-state index contributed by atoms with van der Waals surface area (Å²) in [6.45, 7) is 5.30. The lowest BCUT2D eigenvalue weighted by molar-refractivity contribution is 0.0762. The van der Waals surface area contributed by atoms with Crippen LogP contribution in [-0.4, -0.2) is 9.67 Å². The van der Waals surface area contributed by atoms with Gasteiger partial charge in [0.1, 0.15) is 0 Å². The highest BCUT2D eigenvalue weighted by Gasteiger charge is 2.25. The first-order chi connectivity index (χ1) is 7.91. The Balaban J connectivity index is 2.54. The van der Waals surface area contributed by atoms with Crippen molar-refractivity contribution in [3.63, 3.8) is 0 Å². The van der Waals surface area contributed by atoms with Crippen LogP contribution in [0.4, 0.5) is 0 Å². The molecule has 0 aliphatic heterocycles. The Morgan fingerprint density at radius 3 is 2.41 bits per heavy atom. The fourth-order valence-corrected chi connectivity index (χ4v) is 2.73. The van der Waals surface area contributed by atoms with Gasteiger partial charge in [-0.1, -0.05) is 12.8 Å². The molecule has 1 aliphatic carbocycles. The average molecular weight is 235 g/mol. The quantitative estimate of drug-likeness (QED) is 0.855. The maximum Gasteiger partial charge on any atom is 0.257 e. The molecule has 1 aromatic rings. The Bertz CT molecular complexity index is 462. The smallest absolute Gasteiger partial charge is 0.257 e. The van der Waals surface area contributed by atoms with Crippen molar-refractivity contribution in [3.8, 4) is 0 Å². The van der Waals surface area contributed by atoms with Gasteiger partial charge < -0.3 is 9.67 Å². The number of nitrogens with zero attached hydrogens (tertiary/aromatic N) is 1. The molecule has 3 nitrogen and oxygen atoms in total. The van der Waals surface area contributed by atoms with Gasteiger partial charge >= 0.3 is 0 Å². The Kier molecular flexibility index (Phi) is 3.13. The van der Waals surface area contributed by atoms with Crippen molar-refractivity contribution in [2.24, 2.45) is 0 Å². The van der Waals surface area contributed by atoms with Gasteiger partial charge in [-0.05, 0) is 45.7 Å². The highest BCUT2D eigenvalue weighted by Crippen LogP contribution is 2.29. The van der Waals surface area contributed by atoms with E-state index in [1.807, 2.05) is 17.6 Å². The number of hydrogen-bond donors (Lipinski definition) is 1. The fraction of sp³-hybridized carbons (Fsp3) is 0.643. The number of aliphatic hydroxyl groups is 1. The molecule has 1 fully saturated rings. The minimum absolute atomic E-state index is 0.0237. The first-order valence-corrected chi connectivity index (χ1v) is 6.36. The van der Waals surface area contributed by atoms with Crippen LogP contribution in [0.2, 0.25) is 0 Å². The molecule has 1 aromatic heterocycles. The summed E-state index contributed by atoms with van der Waals surface area (Å²) in [5.41, 5.74) is 0.403. The van der Waals surface area contributed by atoms with Crippen LogP contribution in [-0.2, 0) is 5.60 Å². The SMILES string of the molecule is Cc1ccc(C(C)(C)O)c(=O)n1C1CCCC1. The summed E-state index contributed by atoms with van der Waals surface area (Å²) in [5.74, 6) is 0. The van der Waals surface area contributed by atoms with Crippen LogP contribution in [0.5, 0.6) is 0 Å². The van der Waals surface area contributed by atoms with E-state index in [2.05, 4.69) is 0 Å². The summed E-state index contributed by atoms with van der Waals surface area (Å²) in [4.78, 5) is 12.4. The molecular weight excluding hydrogens is 214 g/mol. The highest BCUT2D eigenvalue weighted by molar-refractivity contribution is 5.21. The van der Waals surface area contributed by atoms with Gasteiger partial charge in [0.25, 0.3) is 5.56 Å². The van der Waals surface area contributed by atoms with Crippen LogP contribution in [0, 0.1) is 6.92 Å². The van der Waals surface area contributed by atoms with Gasteiger partial charge in [-0.15, -0.1) is 0 Å². The molecule has 0 aromatic carbocycles. The standard InChI is InChI=1S/C14H21NO2/c1-10-8-9-12(14(2,3)17)13(16)15(10)11-6-4-5-7-11/h8-9,11,17H,4-7H2,1-3H3. The van der Waals surface area contributed by atoms with Crippen molar-refractivity contribution in [1.82, 2.24) is 4.57 Å². The van der Waals surface area contributed by atoms with Gasteiger partial charge in [0.05, 0.1) is 5.60 Å². The molecule has 94 valence electrons. The van der Waals surface area contributed by atoms with E-state index >= 15 is 0 Å². The average Bonchev–Trinajstić information content (AvgIpc) is 2.68. The Hall–Kier alpha value is -1.09. The summed E-state index contributed by atoms with van der Waals surface area (Å²) < 4.78 is 1.88. The maximum absolute atomic E-state index is 12.4. The third-order valence-electron chi connectivity index (χ3n) is 3.67. The third-order valence-corrected chi connectivity index (χ3v) is 3.67. The summed E-state index contributed by atoms with van der Waals surface area (Å²) in [6.07, 6.45) is 4.55. The van der Waals surface area contributed by atoms with E-state index < -0.39 is 5.60 Å². The number of aryl methyl sites for hydroxylation is 1. The van der Waals surface area contributed by atoms with Crippen molar-refractivity contribution < 1.29 is 5.11 Å². The van der Waals surface area contributed by atoms with Gasteiger partial charge in [-0.25, -0.2) is 0 Å². The van der Waals surface area contributed by atoms with Gasteiger partial charge in [-0.3, -0.25) is 4.79 Å². The molecule has 0 radical (unpaired) electrons. The predicted octanol–water partition coefficient (Wildman–Crippen LogP) is 2.50. The molecule has 0 spiro atoms. The van der Waals surface area contributed by atoms with Crippen LogP contribution in [0.25, 0.3) is 0 Å². The van der Waals surface area contributed by atoms with Gasteiger partial charge in [0, 0.05) is 17.3 Å². The molecule has 17 heavy (non-hydrogen) atoms. The molecule has 2 rings (SSSR count). The number of hydrogen-bond acceptors (Lipinski definition) is 2. The topological polar surface area (TPSA) is 42.2 Å². The molecule has 0 atom stereocenters. The lowest BCUT2D eigenvalue weighted by Crippen LogP contribution is -2.34. The van der Waals surface area contributed by atoms with Crippen LogP contribution in [0.1, 0.15) is 56.8 Å². The monoisotopic (exact) mass is 235 g/mol. The van der Waals surface area contributed by atoms with Crippen molar-refractivity contribution in [3.05, 3.63) is 33.7 Å². The molecule has 1 N–H and O–H groups in total. The van der Waals surface area contributed by atoms with Crippen molar-refractivity contribution in [2.75, 3.05) is 0 Å². The molecule has 3 heteroatoms. The van der Waals surface area contributed by atoms with Crippen LogP contribution >= 0.6 is 0 Å². The molecule has 1 heterocycles. The third kappa shape index (κ3) is 2.29. The van der Waals surface area contributed by atoms with E-state index in [-0.39, 0.29) is 5.56 Å². The molecule has 0 amide bonds. The fourth-order valence-electron chi connectivity index (χ4n) is 2.73. The number of pyridine rings is 1. The van der Waals surface area contributed by atoms with E-state index in [9.17, 15) is 9.90 Å². The largest absolute Gasteiger partial charge is 0.386 e. The van der Waals surface area contributed by atoms with E-state index in [0.717, 1.165) is 18.5 Å². The lowest BCUT2D eigenvalue weighted by atomic mass is 9.99. The minimum Gasteiger partial charge on any atom is -0.386 e. The van der Waals surface area contributed by atoms with Gasteiger partial charge in [0.15, 0.2) is 0 Å². The molecule has 0 unspecified atom stereocenters. The Labute approximate surface area is 102 Å². The van der Waals surface area contributed by atoms with Crippen LogP contribution in [0.3, 0.4) is 0 Å². The molecule has 1 saturated carbocycles. The van der Waals surface area contributed by atoms with E-state index in [1.54, 1.807) is 19.9 Å². The predicted molar refractivity (Wildman–Crippen MR) is 68.2 cm³/mol. The minimum atomic E-state index is -1.06. The number of aromatic nitrogens is 1. The van der Waals surface area contributed by atoms with Gasteiger partial charge in [0.2, 0.25) is 0 Å². The summed E-state index contributed by atoms with van der Waals surface area (Å²) in [5, 5.41) is 10.0. The first-order valence-electron chi connectivity index (χ1n) is 6.36. The number of rotatable bonds is 2. The zero-order valence-corrected chi connectivity index (χ0v) is 10.9. The van der Waals surface area contributed by atoms with Crippen molar-refractivity contribution >= 4 is 0 Å². The van der Waals surface area contributed by atoms with Crippen molar-refractivity contribution in [1.29, 1.82) is 0 Å². The van der Waals surface area contributed by atoms with Crippen LogP contribution < -0.4 is 5.56 Å². The Morgan fingerprint density at radius 2 is 1.88 bits per heavy atom. The van der Waals surface area contributed by atoms with Crippen molar-refractivity contribution in [2.45, 2.75) is 58.1 Å². The first kappa shape index (κ1) is 12.4. The summed E-state index contributed by atoms with van der Waals surface area (Å²) in [6, 6.07) is 4.01. The Morgan fingerprint density at radius 1 is 1.29 bits per heavy atom. The molecule has 1 aliphatic rings. The molecular formula is C14H21NO2. The zero-order valence-electron chi connectivity index (χ0n) is 10.9. The van der Waals surface area contributed by atoms with E-state index in [4.69, 9.17) is 0 Å². The zero-order chi connectivity index (χ0) is 12.6. The van der Waals surface area contributed by atoms with E-state index in [0.29, 0.717) is 11.6 Å². The highest BCUT2D eigenvalue weighted by atomic mass is 16.3. The molecule has 0 bridgehead atoms. The summed E-state index contributed by atoms with van der Waals surface area (Å²) in [7, 11) is 0. The normalized spacial score (nSPS) is 17.6. The second-order valence-corrected chi connectivity index (χ2v) is 5.56. The van der Waals surface area contributed by atoms with Gasteiger partial charge in [-0.2, -0.15) is 0 Å². The molecule has 0 saturated heterocycles.